The lowest BCUT2D eigenvalue weighted by Crippen LogP contribution is -2.06. The van der Waals surface area contributed by atoms with E-state index in [-0.39, 0.29) is 0 Å². The van der Waals surface area contributed by atoms with Crippen LogP contribution in [0.2, 0.25) is 0 Å². The smallest absolute Gasteiger partial charge is 0.164 e. The Labute approximate surface area is 451 Å². The van der Waals surface area contributed by atoms with Gasteiger partial charge in [0.25, 0.3) is 0 Å². The van der Waals surface area contributed by atoms with Crippen LogP contribution in [-0.4, -0.2) is 19.5 Å². The van der Waals surface area contributed by atoms with Crippen LogP contribution in [0.1, 0.15) is 72.7 Å². The highest BCUT2D eigenvalue weighted by molar-refractivity contribution is 6.13. The predicted molar refractivity (Wildman–Crippen MR) is 318 cm³/mol. The summed E-state index contributed by atoms with van der Waals surface area (Å²) in [7, 11) is 0. The summed E-state index contributed by atoms with van der Waals surface area (Å²) in [4.78, 5) is 16.2. The minimum absolute atomic E-state index is 0.364. The second kappa shape index (κ2) is 18.1. The summed E-state index contributed by atoms with van der Waals surface area (Å²) >= 11 is 0. The average Bonchev–Trinajstić information content (AvgIpc) is 4.30. The second-order valence-electron chi connectivity index (χ2n) is 21.5. The van der Waals surface area contributed by atoms with E-state index in [0.29, 0.717) is 23.4 Å². The van der Waals surface area contributed by atoms with Crippen LogP contribution in [0.3, 0.4) is 0 Å². The molecule has 0 aliphatic heterocycles. The first-order valence-electron chi connectivity index (χ1n) is 27.7. The summed E-state index contributed by atoms with van der Waals surface area (Å²) in [6, 6.07) is 72.0. The minimum Gasteiger partial charge on any atom is -0.456 e. The van der Waals surface area contributed by atoms with Crippen LogP contribution >= 0.6 is 0 Å². The maximum atomic E-state index is 6.70. The molecule has 6 nitrogen and oxygen atoms in total. The van der Waals surface area contributed by atoms with Crippen LogP contribution < -0.4 is 0 Å². The van der Waals surface area contributed by atoms with Gasteiger partial charge in [-0.25, -0.2) is 15.0 Å². The Morgan fingerprint density at radius 1 is 0.449 bits per heavy atom. The van der Waals surface area contributed by atoms with Gasteiger partial charge >= 0.3 is 0 Å². The van der Waals surface area contributed by atoms with Crippen LogP contribution in [0.5, 0.6) is 0 Å². The highest BCUT2D eigenvalue weighted by Gasteiger charge is 2.29. The van der Waals surface area contributed by atoms with Crippen LogP contribution in [0, 0.1) is 0 Å². The summed E-state index contributed by atoms with van der Waals surface area (Å²) in [6.07, 6.45) is 13.3. The molecule has 9 aromatic carbocycles. The maximum Gasteiger partial charge on any atom is 0.164 e. The van der Waals surface area contributed by atoms with Crippen molar-refractivity contribution in [3.8, 4) is 61.8 Å². The van der Waals surface area contributed by atoms with Crippen molar-refractivity contribution in [1.29, 1.82) is 0 Å². The van der Waals surface area contributed by atoms with E-state index in [9.17, 15) is 0 Å². The van der Waals surface area contributed by atoms with Crippen LogP contribution in [0.25, 0.3) is 122 Å². The van der Waals surface area contributed by atoms with Gasteiger partial charge in [0, 0.05) is 60.9 Å². The topological polar surface area (TPSA) is 69.9 Å². The summed E-state index contributed by atoms with van der Waals surface area (Å²) in [6.45, 7) is 0. The fraction of sp³-hybridized carbons (Fsp3) is 0.125. The van der Waals surface area contributed by atoms with Crippen molar-refractivity contribution in [2.75, 3.05) is 0 Å². The molecule has 0 bridgehead atoms. The van der Waals surface area contributed by atoms with E-state index in [1.54, 1.807) is 0 Å². The van der Waals surface area contributed by atoms with Crippen LogP contribution in [-0.2, 0) is 12.8 Å². The molecular formula is C72H52N4O2. The molecule has 0 spiro atoms. The molecule has 0 unspecified atom stereocenters. The molecule has 3 aliphatic rings. The molecule has 4 heterocycles. The van der Waals surface area contributed by atoms with E-state index in [2.05, 4.69) is 205 Å². The zero-order chi connectivity index (χ0) is 51.3. The number of rotatable bonds is 9. The number of hydrogen-bond donors (Lipinski definition) is 0. The van der Waals surface area contributed by atoms with Gasteiger partial charge in [0.05, 0.1) is 5.52 Å². The van der Waals surface area contributed by atoms with Crippen molar-refractivity contribution < 1.29 is 8.83 Å². The van der Waals surface area contributed by atoms with E-state index < -0.39 is 0 Å². The zero-order valence-electron chi connectivity index (χ0n) is 43.0. The molecule has 0 fully saturated rings. The number of furan rings is 2. The molecule has 0 atom stereocenters. The van der Waals surface area contributed by atoms with E-state index in [1.165, 1.54) is 74.1 Å². The van der Waals surface area contributed by atoms with Crippen molar-refractivity contribution in [3.05, 3.63) is 246 Å². The van der Waals surface area contributed by atoms with E-state index in [4.69, 9.17) is 23.8 Å². The summed E-state index contributed by atoms with van der Waals surface area (Å²) in [5, 5.41) is 5.59. The third-order valence-electron chi connectivity index (χ3n) is 17.0. The molecule has 0 saturated carbocycles. The van der Waals surface area contributed by atoms with Crippen molar-refractivity contribution in [1.82, 2.24) is 19.5 Å². The number of nitrogens with zero attached hydrogens (tertiary/aromatic N) is 4. The van der Waals surface area contributed by atoms with Crippen LogP contribution in [0.15, 0.2) is 227 Å². The van der Waals surface area contributed by atoms with Crippen molar-refractivity contribution >= 4 is 60.4 Å². The molecule has 0 saturated heterocycles. The quantitative estimate of drug-likeness (QED) is 0.144. The highest BCUT2D eigenvalue weighted by atomic mass is 16.3. The lowest BCUT2D eigenvalue weighted by Gasteiger charge is -2.18. The Hall–Kier alpha value is -9.39. The first kappa shape index (κ1) is 44.9. The molecule has 16 rings (SSSR count). The first-order chi connectivity index (χ1) is 38.6. The molecule has 372 valence electrons. The van der Waals surface area contributed by atoms with Gasteiger partial charge in [0.2, 0.25) is 0 Å². The molecule has 0 radical (unpaired) electrons. The summed E-state index contributed by atoms with van der Waals surface area (Å²) in [5.41, 5.74) is 23.1. The number of benzene rings is 9. The molecule has 13 aromatic rings. The van der Waals surface area contributed by atoms with Gasteiger partial charge in [-0.3, -0.25) is 0 Å². The monoisotopic (exact) mass is 1000 g/mol. The number of fused-ring (bicyclic) bond motifs is 12. The molecule has 78 heavy (non-hydrogen) atoms. The number of allylic oxidation sites excluding steroid dienone is 4. The third-order valence-corrected chi connectivity index (χ3v) is 17.0. The van der Waals surface area contributed by atoms with E-state index in [0.717, 1.165) is 116 Å². The Balaban J connectivity index is 0.810. The van der Waals surface area contributed by atoms with Crippen LogP contribution in [0.4, 0.5) is 0 Å². The molecular weight excluding hydrogens is 953 g/mol. The number of para-hydroxylation sites is 2. The number of aryl methyl sites for hydroxylation is 1. The van der Waals surface area contributed by atoms with E-state index in [1.807, 2.05) is 12.1 Å². The SMILES string of the molecule is C1=C(CCC2c3ccccc3-c3ccccc32)CCC=C1c1nc(-c2cccc(-c3ccc4c(c3)oc3ccccc34)c2)nc(-c2cccc3oc4ccc(-c5ccc6c(c5)c5c(n6-c6ccccc6)CCCC5)cc4c23)n1. The van der Waals surface area contributed by atoms with Crippen molar-refractivity contribution in [2.45, 2.75) is 57.3 Å². The number of aromatic nitrogens is 4. The lowest BCUT2D eigenvalue weighted by molar-refractivity contribution is 0.667. The highest BCUT2D eigenvalue weighted by Crippen LogP contribution is 2.48. The number of hydrogen-bond acceptors (Lipinski definition) is 5. The average molecular weight is 1010 g/mol. The van der Waals surface area contributed by atoms with Gasteiger partial charge in [0.1, 0.15) is 22.3 Å². The second-order valence-corrected chi connectivity index (χ2v) is 21.5. The van der Waals surface area contributed by atoms with E-state index >= 15 is 0 Å². The lowest BCUT2D eigenvalue weighted by atomic mass is 9.87. The van der Waals surface area contributed by atoms with Gasteiger partial charge in [0.15, 0.2) is 17.5 Å². The Kier molecular flexibility index (Phi) is 10.4. The van der Waals surface area contributed by atoms with Crippen molar-refractivity contribution in [2.24, 2.45) is 0 Å². The largest absolute Gasteiger partial charge is 0.456 e. The Bertz CT molecular complexity index is 4600. The Morgan fingerprint density at radius 3 is 1.97 bits per heavy atom. The Morgan fingerprint density at radius 2 is 1.09 bits per heavy atom. The fourth-order valence-corrected chi connectivity index (χ4v) is 13.3. The minimum atomic E-state index is 0.364. The van der Waals surface area contributed by atoms with Crippen molar-refractivity contribution in [3.63, 3.8) is 0 Å². The molecule has 0 amide bonds. The molecule has 3 aliphatic carbocycles. The van der Waals surface area contributed by atoms with Gasteiger partial charge in [-0.2, -0.15) is 0 Å². The molecule has 6 heteroatoms. The third kappa shape index (κ3) is 7.42. The first-order valence-corrected chi connectivity index (χ1v) is 27.7. The molecule has 4 aromatic heterocycles. The standard InChI is InChI=1S/C72H52N4O2/c1-2-19-51(20-3-1)76-63-28-10-8-25-57(63)61-41-46(33-37-64(61)76)47-34-38-66-62(42-47)69-60(27-14-30-67(69)77-66)72-74-70(49-17-12-15-44(39-49)31-35-56-54-23-6-4-21-52(54)53-22-5-7-24-55(53)56)73-71(75-72)50-18-13-16-45(40-50)48-32-36-59-58-26-9-11-29-65(58)78-68(59)43-48/h1-7,9,11,13-14,16-24,26-27,29-30,32-34,36-43,56H,8,10,12,15,25,28,31,35H2. The predicted octanol–water partition coefficient (Wildman–Crippen LogP) is 18.9. The van der Waals surface area contributed by atoms with Gasteiger partial charge in [-0.1, -0.05) is 151 Å². The summed E-state index contributed by atoms with van der Waals surface area (Å²) in [5.74, 6) is 2.26. The maximum absolute atomic E-state index is 6.70. The fourth-order valence-electron chi connectivity index (χ4n) is 13.3. The van der Waals surface area contributed by atoms with Gasteiger partial charge < -0.3 is 13.4 Å². The van der Waals surface area contributed by atoms with Gasteiger partial charge in [-0.05, 0) is 168 Å². The normalized spacial score (nSPS) is 14.3. The summed E-state index contributed by atoms with van der Waals surface area (Å²) < 4.78 is 15.6. The molecule has 0 N–H and O–H groups in total. The van der Waals surface area contributed by atoms with Gasteiger partial charge in [-0.15, -0.1) is 0 Å². The zero-order valence-corrected chi connectivity index (χ0v) is 43.0.